The molecule has 3 heterocycles. The molecule has 24 heavy (non-hydrogen) atoms. The minimum Gasteiger partial charge on any atom is -0.231 e. The maximum absolute atomic E-state index is 5.89. The highest BCUT2D eigenvalue weighted by Gasteiger charge is 2.16. The van der Waals surface area contributed by atoms with Gasteiger partial charge in [-0.05, 0) is 49.7 Å². The molecule has 0 aliphatic carbocycles. The summed E-state index contributed by atoms with van der Waals surface area (Å²) in [5, 5.41) is 13.3. The molecule has 0 amide bonds. The smallest absolute Gasteiger partial charge is 0.151 e. The first kappa shape index (κ1) is 14.8. The molecule has 0 radical (unpaired) electrons. The van der Waals surface area contributed by atoms with Gasteiger partial charge in [0.1, 0.15) is 11.4 Å². The van der Waals surface area contributed by atoms with Crippen LogP contribution in [0, 0.1) is 13.8 Å². The number of benzene rings is 1. The Labute approximate surface area is 144 Å². The number of rotatable bonds is 2. The summed E-state index contributed by atoms with van der Waals surface area (Å²) in [7, 11) is 0. The van der Waals surface area contributed by atoms with Crippen LogP contribution in [0.5, 0.6) is 0 Å². The van der Waals surface area contributed by atoms with E-state index in [1.807, 2.05) is 23.6 Å². The third-order valence-corrected chi connectivity index (χ3v) is 4.20. The molecular weight excluding hydrogens is 320 g/mol. The molecule has 0 saturated heterocycles. The number of hydrogen-bond acceptors (Lipinski definition) is 3. The van der Waals surface area contributed by atoms with Crippen molar-refractivity contribution < 1.29 is 0 Å². The highest BCUT2D eigenvalue weighted by atomic mass is 35.5. The van der Waals surface area contributed by atoms with Crippen molar-refractivity contribution >= 4 is 17.1 Å². The molecule has 0 saturated carbocycles. The van der Waals surface area contributed by atoms with Crippen molar-refractivity contribution in [1.29, 1.82) is 0 Å². The van der Waals surface area contributed by atoms with Crippen LogP contribution in [0.2, 0.25) is 5.15 Å². The van der Waals surface area contributed by atoms with Crippen LogP contribution in [-0.4, -0.2) is 19.8 Å². The van der Waals surface area contributed by atoms with Crippen LogP contribution in [0.3, 0.4) is 0 Å². The SMILES string of the molecule is Cc1ccc(-c2cc3ccc(C)nn3c2-c2ccc(Cl)nn2)cc1. The van der Waals surface area contributed by atoms with Gasteiger partial charge >= 0.3 is 0 Å². The predicted octanol–water partition coefficient (Wildman–Crippen LogP) is 4.73. The zero-order valence-corrected chi connectivity index (χ0v) is 14.1. The first-order chi connectivity index (χ1) is 11.6. The molecule has 0 spiro atoms. The lowest BCUT2D eigenvalue weighted by molar-refractivity contribution is 0.901. The fraction of sp³-hybridized carbons (Fsp3) is 0.105. The molecule has 118 valence electrons. The Hall–Kier alpha value is -2.72. The van der Waals surface area contributed by atoms with Gasteiger partial charge in [-0.1, -0.05) is 41.4 Å². The van der Waals surface area contributed by atoms with Crippen LogP contribution in [0.4, 0.5) is 0 Å². The molecule has 0 bridgehead atoms. The van der Waals surface area contributed by atoms with Crippen LogP contribution in [0.15, 0.2) is 54.6 Å². The van der Waals surface area contributed by atoms with Gasteiger partial charge in [0.25, 0.3) is 0 Å². The van der Waals surface area contributed by atoms with Crippen molar-refractivity contribution in [1.82, 2.24) is 19.8 Å². The molecule has 4 nitrogen and oxygen atoms in total. The van der Waals surface area contributed by atoms with E-state index >= 15 is 0 Å². The maximum Gasteiger partial charge on any atom is 0.151 e. The number of fused-ring (bicyclic) bond motifs is 1. The lowest BCUT2D eigenvalue weighted by Gasteiger charge is -2.06. The van der Waals surface area contributed by atoms with E-state index in [1.165, 1.54) is 5.56 Å². The molecular formula is C19H15ClN4. The van der Waals surface area contributed by atoms with Crippen LogP contribution in [0.25, 0.3) is 28.0 Å². The first-order valence-corrected chi connectivity index (χ1v) is 8.06. The molecule has 4 rings (SSSR count). The van der Waals surface area contributed by atoms with Crippen molar-refractivity contribution in [3.05, 3.63) is 71.0 Å². The minimum absolute atomic E-state index is 0.376. The quantitative estimate of drug-likeness (QED) is 0.532. The second-order valence-electron chi connectivity index (χ2n) is 5.83. The molecule has 0 aliphatic rings. The fourth-order valence-corrected chi connectivity index (χ4v) is 2.89. The number of hydrogen-bond donors (Lipinski definition) is 0. The van der Waals surface area contributed by atoms with Crippen molar-refractivity contribution in [2.45, 2.75) is 13.8 Å². The van der Waals surface area contributed by atoms with Crippen LogP contribution in [0.1, 0.15) is 11.3 Å². The fourth-order valence-electron chi connectivity index (χ4n) is 2.79. The molecule has 0 fully saturated rings. The van der Waals surface area contributed by atoms with Gasteiger partial charge in [0, 0.05) is 5.56 Å². The Morgan fingerprint density at radius 1 is 0.875 bits per heavy atom. The molecule has 0 unspecified atom stereocenters. The summed E-state index contributed by atoms with van der Waals surface area (Å²) in [5.41, 5.74) is 7.04. The zero-order valence-electron chi connectivity index (χ0n) is 13.4. The third kappa shape index (κ3) is 2.55. The molecule has 5 heteroatoms. The highest BCUT2D eigenvalue weighted by molar-refractivity contribution is 6.29. The second-order valence-corrected chi connectivity index (χ2v) is 6.21. The molecule has 3 aromatic heterocycles. The van der Waals surface area contributed by atoms with E-state index in [4.69, 9.17) is 11.6 Å². The van der Waals surface area contributed by atoms with Crippen molar-refractivity contribution in [2.75, 3.05) is 0 Å². The lowest BCUT2D eigenvalue weighted by atomic mass is 10.0. The lowest BCUT2D eigenvalue weighted by Crippen LogP contribution is -1.98. The van der Waals surface area contributed by atoms with Gasteiger partial charge in [-0.2, -0.15) is 5.10 Å². The Morgan fingerprint density at radius 2 is 1.67 bits per heavy atom. The number of nitrogens with zero attached hydrogens (tertiary/aromatic N) is 4. The van der Waals surface area contributed by atoms with Gasteiger partial charge < -0.3 is 0 Å². The van der Waals surface area contributed by atoms with Crippen molar-refractivity contribution in [2.24, 2.45) is 0 Å². The molecule has 0 atom stereocenters. The van der Waals surface area contributed by atoms with E-state index in [2.05, 4.69) is 58.6 Å². The third-order valence-electron chi connectivity index (χ3n) is 3.99. The second kappa shape index (κ2) is 5.73. The summed E-state index contributed by atoms with van der Waals surface area (Å²) in [6.07, 6.45) is 0. The molecule has 4 aromatic rings. The number of aromatic nitrogens is 4. The van der Waals surface area contributed by atoms with Gasteiger partial charge in [-0.15, -0.1) is 10.2 Å². The average Bonchev–Trinajstić information content (AvgIpc) is 2.95. The summed E-state index contributed by atoms with van der Waals surface area (Å²) < 4.78 is 1.92. The molecule has 0 aliphatic heterocycles. The summed E-state index contributed by atoms with van der Waals surface area (Å²) in [4.78, 5) is 0. The van der Waals surface area contributed by atoms with Crippen molar-refractivity contribution in [3.8, 4) is 22.5 Å². The van der Waals surface area contributed by atoms with E-state index in [0.29, 0.717) is 5.15 Å². The Kier molecular flexibility index (Phi) is 3.54. The normalized spacial score (nSPS) is 11.1. The van der Waals surface area contributed by atoms with Gasteiger partial charge in [0.2, 0.25) is 0 Å². The first-order valence-electron chi connectivity index (χ1n) is 7.68. The van der Waals surface area contributed by atoms with E-state index in [9.17, 15) is 0 Å². The van der Waals surface area contributed by atoms with E-state index in [0.717, 1.165) is 33.7 Å². The average molecular weight is 335 g/mol. The Balaban J connectivity index is 2.03. The standard InChI is InChI=1S/C19H15ClN4/c1-12-3-6-14(7-4-12)16-11-15-8-5-13(2)23-24(15)19(16)17-9-10-18(20)22-21-17/h3-11H,1-2H3. The molecule has 1 aromatic carbocycles. The highest BCUT2D eigenvalue weighted by Crippen LogP contribution is 2.34. The van der Waals surface area contributed by atoms with Crippen molar-refractivity contribution in [3.63, 3.8) is 0 Å². The Bertz CT molecular complexity index is 1020. The van der Waals surface area contributed by atoms with Gasteiger partial charge in [-0.3, -0.25) is 0 Å². The van der Waals surface area contributed by atoms with Gasteiger partial charge in [-0.25, -0.2) is 4.52 Å². The Morgan fingerprint density at radius 3 is 2.38 bits per heavy atom. The molecule has 0 N–H and O–H groups in total. The van der Waals surface area contributed by atoms with Crippen LogP contribution >= 0.6 is 11.6 Å². The van der Waals surface area contributed by atoms with E-state index in [-0.39, 0.29) is 0 Å². The predicted molar refractivity (Wildman–Crippen MR) is 96.1 cm³/mol. The maximum atomic E-state index is 5.89. The minimum atomic E-state index is 0.376. The summed E-state index contributed by atoms with van der Waals surface area (Å²) in [5.74, 6) is 0. The van der Waals surface area contributed by atoms with Crippen LogP contribution < -0.4 is 0 Å². The van der Waals surface area contributed by atoms with E-state index < -0.39 is 0 Å². The van der Waals surface area contributed by atoms with Gasteiger partial charge in [0.15, 0.2) is 5.15 Å². The number of aryl methyl sites for hydroxylation is 2. The zero-order chi connectivity index (χ0) is 16.7. The summed E-state index contributed by atoms with van der Waals surface area (Å²) >= 11 is 5.89. The summed E-state index contributed by atoms with van der Waals surface area (Å²) in [6, 6.07) is 18.3. The largest absolute Gasteiger partial charge is 0.231 e. The van der Waals surface area contributed by atoms with Gasteiger partial charge in [0.05, 0.1) is 11.2 Å². The van der Waals surface area contributed by atoms with Crippen LogP contribution in [-0.2, 0) is 0 Å². The topological polar surface area (TPSA) is 43.1 Å². The van der Waals surface area contributed by atoms with E-state index in [1.54, 1.807) is 6.07 Å². The monoisotopic (exact) mass is 334 g/mol. The number of halogens is 1. The summed E-state index contributed by atoms with van der Waals surface area (Å²) in [6.45, 7) is 4.05.